The summed E-state index contributed by atoms with van der Waals surface area (Å²) in [5, 5.41) is 0. The summed E-state index contributed by atoms with van der Waals surface area (Å²) in [4.78, 5) is 39.9. The van der Waals surface area contributed by atoms with Crippen molar-refractivity contribution in [2.75, 3.05) is 33.4 Å². The second-order valence-electron chi connectivity index (χ2n) is 7.92. The van der Waals surface area contributed by atoms with Gasteiger partial charge in [0.15, 0.2) is 12.4 Å². The van der Waals surface area contributed by atoms with Gasteiger partial charge in [-0.2, -0.15) is 0 Å². The molecule has 8 nitrogen and oxygen atoms in total. The van der Waals surface area contributed by atoms with Crippen molar-refractivity contribution in [2.45, 2.75) is 32.8 Å². The Morgan fingerprint density at radius 1 is 1.19 bits per heavy atom. The van der Waals surface area contributed by atoms with Gasteiger partial charge in [-0.25, -0.2) is 4.79 Å². The largest absolute Gasteiger partial charge is 0.484 e. The van der Waals surface area contributed by atoms with Crippen LogP contribution < -0.4 is 4.74 Å². The van der Waals surface area contributed by atoms with Crippen LogP contribution in [0.1, 0.15) is 44.9 Å². The number of ketones is 1. The third-order valence-electron chi connectivity index (χ3n) is 5.83. The number of para-hydroxylation sites is 1. The van der Waals surface area contributed by atoms with E-state index in [9.17, 15) is 14.4 Å². The Morgan fingerprint density at radius 3 is 2.53 bits per heavy atom. The Hall–Kier alpha value is -3.13. The Kier molecular flexibility index (Phi) is 7.69. The van der Waals surface area contributed by atoms with Crippen LogP contribution >= 0.6 is 0 Å². The third-order valence-corrected chi connectivity index (χ3v) is 5.83. The van der Waals surface area contributed by atoms with Gasteiger partial charge in [-0.15, -0.1) is 0 Å². The van der Waals surface area contributed by atoms with Crippen molar-refractivity contribution in [3.8, 4) is 5.75 Å². The fraction of sp³-hybridized carbons (Fsp3) is 0.458. The van der Waals surface area contributed by atoms with E-state index in [1.165, 1.54) is 12.0 Å². The van der Waals surface area contributed by atoms with Crippen LogP contribution in [0.2, 0.25) is 0 Å². The molecule has 3 rings (SSSR count). The van der Waals surface area contributed by atoms with Crippen LogP contribution in [0, 0.1) is 13.8 Å². The molecule has 2 heterocycles. The SMILES string of the molecule is COC(=O)c1c(C)c(C(=O)CN(CC2CCCO2)C(=O)COc2ccccc2)c(C)n1C. The molecule has 0 aliphatic carbocycles. The van der Waals surface area contributed by atoms with Gasteiger partial charge in [-0.3, -0.25) is 9.59 Å². The Morgan fingerprint density at radius 2 is 1.91 bits per heavy atom. The van der Waals surface area contributed by atoms with Crippen molar-refractivity contribution in [1.29, 1.82) is 0 Å². The number of nitrogens with zero attached hydrogens (tertiary/aromatic N) is 2. The number of carbonyl (C=O) groups is 3. The quantitative estimate of drug-likeness (QED) is 0.438. The number of benzene rings is 1. The number of hydrogen-bond donors (Lipinski definition) is 0. The lowest BCUT2D eigenvalue weighted by molar-refractivity contribution is -0.134. The maximum absolute atomic E-state index is 13.3. The summed E-state index contributed by atoms with van der Waals surface area (Å²) in [5.41, 5.74) is 1.96. The van der Waals surface area contributed by atoms with Crippen molar-refractivity contribution in [1.82, 2.24) is 9.47 Å². The van der Waals surface area contributed by atoms with Gasteiger partial charge >= 0.3 is 5.97 Å². The molecule has 0 bridgehead atoms. The molecule has 0 radical (unpaired) electrons. The van der Waals surface area contributed by atoms with E-state index in [1.807, 2.05) is 18.2 Å². The highest BCUT2D eigenvalue weighted by molar-refractivity contribution is 6.04. The molecule has 1 unspecified atom stereocenters. The molecule has 1 fully saturated rings. The maximum Gasteiger partial charge on any atom is 0.354 e. The lowest BCUT2D eigenvalue weighted by Gasteiger charge is -2.25. The Balaban J connectivity index is 1.78. The van der Waals surface area contributed by atoms with E-state index in [4.69, 9.17) is 14.2 Å². The van der Waals surface area contributed by atoms with Gasteiger partial charge in [0.2, 0.25) is 0 Å². The van der Waals surface area contributed by atoms with Gasteiger partial charge in [0.1, 0.15) is 11.4 Å². The van der Waals surface area contributed by atoms with Crippen LogP contribution in [0.4, 0.5) is 0 Å². The molecule has 2 aromatic rings. The molecule has 1 aromatic heterocycles. The summed E-state index contributed by atoms with van der Waals surface area (Å²) < 4.78 is 17.8. The number of aromatic nitrogens is 1. The number of esters is 1. The molecule has 1 aliphatic rings. The maximum atomic E-state index is 13.3. The summed E-state index contributed by atoms with van der Waals surface area (Å²) in [7, 11) is 3.02. The van der Waals surface area contributed by atoms with Crippen LogP contribution in [0.25, 0.3) is 0 Å². The van der Waals surface area contributed by atoms with Gasteiger partial charge < -0.3 is 23.7 Å². The summed E-state index contributed by atoms with van der Waals surface area (Å²) in [5.74, 6) is -0.452. The van der Waals surface area contributed by atoms with E-state index < -0.39 is 5.97 Å². The van der Waals surface area contributed by atoms with Crippen LogP contribution in [0.5, 0.6) is 5.75 Å². The number of carbonyl (C=O) groups excluding carboxylic acids is 3. The lowest BCUT2D eigenvalue weighted by Crippen LogP contribution is -2.43. The van der Waals surface area contributed by atoms with Crippen molar-refractivity contribution in [3.05, 3.63) is 52.8 Å². The number of rotatable bonds is 9. The number of amides is 1. The monoisotopic (exact) mass is 442 g/mol. The van der Waals surface area contributed by atoms with Crippen LogP contribution in [-0.2, 0) is 21.3 Å². The van der Waals surface area contributed by atoms with E-state index in [1.54, 1.807) is 37.6 Å². The number of Topliss-reactive ketones (excluding diaryl/α,β-unsaturated/α-hetero) is 1. The lowest BCUT2D eigenvalue weighted by atomic mass is 10.0. The van der Waals surface area contributed by atoms with E-state index >= 15 is 0 Å². The van der Waals surface area contributed by atoms with Crippen molar-refractivity contribution in [3.63, 3.8) is 0 Å². The van der Waals surface area contributed by atoms with Crippen LogP contribution in [-0.4, -0.2) is 66.6 Å². The topological polar surface area (TPSA) is 87.1 Å². The number of hydrogen-bond acceptors (Lipinski definition) is 6. The summed E-state index contributed by atoms with van der Waals surface area (Å²) in [6.45, 7) is 4.17. The molecule has 1 amide bonds. The number of methoxy groups -OCH3 is 1. The van der Waals surface area contributed by atoms with E-state index in [0.29, 0.717) is 41.4 Å². The first-order chi connectivity index (χ1) is 15.3. The smallest absolute Gasteiger partial charge is 0.354 e. The standard InChI is InChI=1S/C24H30N2O6/c1-16-22(17(2)25(3)23(16)24(29)30-4)20(27)14-26(13-19-11-8-12-31-19)21(28)15-32-18-9-6-5-7-10-18/h5-7,9-10,19H,8,11-15H2,1-4H3. The van der Waals surface area contributed by atoms with Crippen molar-refractivity contribution >= 4 is 17.7 Å². The minimum atomic E-state index is -0.504. The summed E-state index contributed by atoms with van der Waals surface area (Å²) >= 11 is 0. The second-order valence-corrected chi connectivity index (χ2v) is 7.92. The van der Waals surface area contributed by atoms with E-state index in [2.05, 4.69) is 0 Å². The molecule has 32 heavy (non-hydrogen) atoms. The molecule has 1 atom stereocenters. The molecule has 0 saturated carbocycles. The molecule has 0 N–H and O–H groups in total. The molecule has 172 valence electrons. The van der Waals surface area contributed by atoms with E-state index in [0.717, 1.165) is 12.8 Å². The predicted octanol–water partition coefficient (Wildman–Crippen LogP) is 2.70. The first kappa shape index (κ1) is 23.5. The highest BCUT2D eigenvalue weighted by Crippen LogP contribution is 2.23. The zero-order chi connectivity index (χ0) is 23.3. The second kappa shape index (κ2) is 10.5. The van der Waals surface area contributed by atoms with Crippen molar-refractivity contribution < 1.29 is 28.6 Å². The average molecular weight is 443 g/mol. The Bertz CT molecular complexity index is 976. The average Bonchev–Trinajstić information content (AvgIpc) is 3.38. The first-order valence-electron chi connectivity index (χ1n) is 10.7. The first-order valence-corrected chi connectivity index (χ1v) is 10.7. The summed E-state index contributed by atoms with van der Waals surface area (Å²) in [6.07, 6.45) is 1.67. The molecular weight excluding hydrogens is 412 g/mol. The zero-order valence-corrected chi connectivity index (χ0v) is 19.1. The fourth-order valence-electron chi connectivity index (χ4n) is 4.07. The van der Waals surface area contributed by atoms with Gasteiger partial charge in [0.25, 0.3) is 5.91 Å². The molecule has 0 spiro atoms. The Labute approximate surface area is 188 Å². The van der Waals surface area contributed by atoms with E-state index in [-0.39, 0.29) is 30.9 Å². The molecule has 1 aliphatic heterocycles. The van der Waals surface area contributed by atoms with Crippen LogP contribution in [0.15, 0.2) is 30.3 Å². The predicted molar refractivity (Wildman–Crippen MR) is 118 cm³/mol. The minimum absolute atomic E-state index is 0.105. The van der Waals surface area contributed by atoms with Gasteiger partial charge in [0.05, 0.1) is 19.8 Å². The highest BCUT2D eigenvalue weighted by atomic mass is 16.5. The fourth-order valence-corrected chi connectivity index (χ4v) is 4.07. The number of ether oxygens (including phenoxy) is 3. The molecular formula is C24H30N2O6. The molecule has 1 saturated heterocycles. The summed E-state index contributed by atoms with van der Waals surface area (Å²) in [6, 6.07) is 9.06. The van der Waals surface area contributed by atoms with Crippen molar-refractivity contribution in [2.24, 2.45) is 7.05 Å². The normalized spacial score (nSPS) is 15.4. The van der Waals surface area contributed by atoms with Gasteiger partial charge in [0, 0.05) is 31.5 Å². The molecule has 1 aromatic carbocycles. The van der Waals surface area contributed by atoms with Crippen LogP contribution in [0.3, 0.4) is 0 Å². The minimum Gasteiger partial charge on any atom is -0.484 e. The highest BCUT2D eigenvalue weighted by Gasteiger charge is 2.29. The zero-order valence-electron chi connectivity index (χ0n) is 19.1. The van der Waals surface area contributed by atoms with Gasteiger partial charge in [-0.05, 0) is 44.4 Å². The molecule has 8 heteroatoms. The third kappa shape index (κ3) is 5.19. The van der Waals surface area contributed by atoms with Gasteiger partial charge in [-0.1, -0.05) is 18.2 Å².